The van der Waals surface area contributed by atoms with E-state index in [-0.39, 0.29) is 24.3 Å². The Kier molecular flexibility index (Phi) is 3.83. The van der Waals surface area contributed by atoms with Gasteiger partial charge < -0.3 is 5.11 Å². The largest absolute Gasteiger partial charge is 0.392 e. The number of para-hydroxylation sites is 1. The number of nitro groups is 1. The molecule has 1 saturated heterocycles. The van der Waals surface area contributed by atoms with Crippen LogP contribution in [0.25, 0.3) is 0 Å². The molecule has 0 aliphatic carbocycles. The zero-order valence-electron chi connectivity index (χ0n) is 10.1. The Bertz CT molecular complexity index is 587. The summed E-state index contributed by atoms with van der Waals surface area (Å²) in [5, 5.41) is 20.2. The maximum atomic E-state index is 12.1. The van der Waals surface area contributed by atoms with Crippen LogP contribution < -0.4 is 0 Å². The summed E-state index contributed by atoms with van der Waals surface area (Å²) in [6, 6.07) is 5.77. The number of sulfonamides is 1. The summed E-state index contributed by atoms with van der Waals surface area (Å²) in [5.41, 5.74) is -0.0419. The number of benzene rings is 1. The lowest BCUT2D eigenvalue weighted by Gasteiger charge is -2.15. The van der Waals surface area contributed by atoms with E-state index < -0.39 is 26.8 Å². The number of aliphatic hydroxyl groups excluding tert-OH is 1. The quantitative estimate of drug-likeness (QED) is 0.641. The predicted octanol–water partition coefficient (Wildman–Crippen LogP) is 0.491. The number of aliphatic hydroxyl groups is 1. The van der Waals surface area contributed by atoms with Crippen molar-refractivity contribution < 1.29 is 18.4 Å². The van der Waals surface area contributed by atoms with Crippen molar-refractivity contribution in [3.05, 3.63) is 39.9 Å². The van der Waals surface area contributed by atoms with Crippen molar-refractivity contribution >= 4 is 15.7 Å². The molecule has 1 aromatic carbocycles. The van der Waals surface area contributed by atoms with Gasteiger partial charge in [-0.25, -0.2) is 8.42 Å². The summed E-state index contributed by atoms with van der Waals surface area (Å²) >= 11 is 0. The topological polar surface area (TPSA) is 101 Å². The molecule has 1 aromatic rings. The number of β-amino-alcohol motifs (C(OH)–C–C–N with tert-alkyl or cyclic N) is 1. The first-order valence-corrected chi connectivity index (χ1v) is 7.39. The smallest absolute Gasteiger partial charge is 0.273 e. The highest BCUT2D eigenvalue weighted by atomic mass is 32.2. The molecule has 8 heteroatoms. The van der Waals surface area contributed by atoms with Crippen LogP contribution in [0.4, 0.5) is 5.69 Å². The van der Waals surface area contributed by atoms with Gasteiger partial charge in [-0.2, -0.15) is 4.31 Å². The van der Waals surface area contributed by atoms with Gasteiger partial charge in [0, 0.05) is 24.7 Å². The van der Waals surface area contributed by atoms with E-state index in [1.54, 1.807) is 6.07 Å². The second-order valence-corrected chi connectivity index (χ2v) is 6.41. The van der Waals surface area contributed by atoms with E-state index in [0.29, 0.717) is 6.42 Å². The first-order chi connectivity index (χ1) is 8.90. The Hall–Kier alpha value is -1.51. The number of hydrogen-bond donors (Lipinski definition) is 1. The highest BCUT2D eigenvalue weighted by Crippen LogP contribution is 2.23. The van der Waals surface area contributed by atoms with E-state index >= 15 is 0 Å². The molecule has 0 bridgehead atoms. The summed E-state index contributed by atoms with van der Waals surface area (Å²) < 4.78 is 25.4. The van der Waals surface area contributed by atoms with Crippen molar-refractivity contribution in [1.82, 2.24) is 4.31 Å². The van der Waals surface area contributed by atoms with E-state index in [2.05, 4.69) is 0 Å². The van der Waals surface area contributed by atoms with Crippen LogP contribution in [0.5, 0.6) is 0 Å². The number of hydrogen-bond acceptors (Lipinski definition) is 5. The maximum Gasteiger partial charge on any atom is 0.273 e. The Labute approximate surface area is 110 Å². The lowest BCUT2D eigenvalue weighted by Crippen LogP contribution is -2.30. The standard InChI is InChI=1S/C11H14N2O5S/c14-10-5-6-12(7-10)19(17,18)8-9-3-1-2-4-11(9)13(15)16/h1-4,10,14H,5-8H2. The van der Waals surface area contributed by atoms with E-state index in [1.807, 2.05) is 0 Å². The van der Waals surface area contributed by atoms with Crippen LogP contribution in [0.15, 0.2) is 24.3 Å². The van der Waals surface area contributed by atoms with Gasteiger partial charge in [0.2, 0.25) is 10.0 Å². The van der Waals surface area contributed by atoms with E-state index in [9.17, 15) is 23.6 Å². The lowest BCUT2D eigenvalue weighted by atomic mass is 10.2. The molecule has 1 N–H and O–H groups in total. The average molecular weight is 286 g/mol. The molecule has 1 unspecified atom stereocenters. The van der Waals surface area contributed by atoms with Crippen molar-refractivity contribution in [3.63, 3.8) is 0 Å². The van der Waals surface area contributed by atoms with E-state index in [1.165, 1.54) is 22.5 Å². The van der Waals surface area contributed by atoms with Crippen molar-refractivity contribution in [2.75, 3.05) is 13.1 Å². The fourth-order valence-electron chi connectivity index (χ4n) is 2.06. The van der Waals surface area contributed by atoms with Crippen molar-refractivity contribution in [3.8, 4) is 0 Å². The van der Waals surface area contributed by atoms with Gasteiger partial charge in [-0.1, -0.05) is 18.2 Å². The predicted molar refractivity (Wildman–Crippen MR) is 67.9 cm³/mol. The third-order valence-electron chi connectivity index (χ3n) is 3.05. The van der Waals surface area contributed by atoms with Crippen LogP contribution in [0.2, 0.25) is 0 Å². The minimum absolute atomic E-state index is 0.0585. The fraction of sp³-hybridized carbons (Fsp3) is 0.455. The second kappa shape index (κ2) is 5.24. The van der Waals surface area contributed by atoms with Crippen LogP contribution in [-0.4, -0.2) is 41.9 Å². The molecule has 0 aromatic heterocycles. The molecule has 1 aliphatic rings. The number of rotatable bonds is 4. The molecule has 1 atom stereocenters. The molecule has 0 radical (unpaired) electrons. The SMILES string of the molecule is O=[N+]([O-])c1ccccc1CS(=O)(=O)N1CCC(O)C1. The molecule has 1 heterocycles. The second-order valence-electron chi connectivity index (χ2n) is 4.44. The first kappa shape index (κ1) is 13.9. The van der Waals surface area contributed by atoms with Crippen molar-refractivity contribution in [1.29, 1.82) is 0 Å². The van der Waals surface area contributed by atoms with Crippen LogP contribution in [0.1, 0.15) is 12.0 Å². The number of nitrogens with zero attached hydrogens (tertiary/aromatic N) is 2. The summed E-state index contributed by atoms with van der Waals surface area (Å²) in [5.74, 6) is -0.420. The zero-order chi connectivity index (χ0) is 14.0. The lowest BCUT2D eigenvalue weighted by molar-refractivity contribution is -0.385. The Morgan fingerprint density at radius 1 is 1.42 bits per heavy atom. The molecular formula is C11H14N2O5S. The van der Waals surface area contributed by atoms with Gasteiger partial charge in [-0.15, -0.1) is 0 Å². The minimum Gasteiger partial charge on any atom is -0.392 e. The normalized spacial score (nSPS) is 20.6. The molecule has 7 nitrogen and oxygen atoms in total. The average Bonchev–Trinajstić information content (AvgIpc) is 2.76. The molecule has 19 heavy (non-hydrogen) atoms. The van der Waals surface area contributed by atoms with Gasteiger partial charge in [0.1, 0.15) is 0 Å². The van der Waals surface area contributed by atoms with Crippen LogP contribution in [0.3, 0.4) is 0 Å². The molecule has 2 rings (SSSR count). The van der Waals surface area contributed by atoms with Gasteiger partial charge in [0.15, 0.2) is 0 Å². The first-order valence-electron chi connectivity index (χ1n) is 5.78. The number of nitro benzene ring substituents is 1. The Morgan fingerprint density at radius 3 is 2.68 bits per heavy atom. The van der Waals surface area contributed by atoms with Crippen LogP contribution in [-0.2, 0) is 15.8 Å². The highest BCUT2D eigenvalue weighted by molar-refractivity contribution is 7.88. The molecule has 0 spiro atoms. The highest BCUT2D eigenvalue weighted by Gasteiger charge is 2.31. The van der Waals surface area contributed by atoms with Crippen LogP contribution >= 0.6 is 0 Å². The van der Waals surface area contributed by atoms with Gasteiger partial charge in [-0.05, 0) is 6.42 Å². The molecule has 104 valence electrons. The van der Waals surface area contributed by atoms with Gasteiger partial charge >= 0.3 is 0 Å². The zero-order valence-corrected chi connectivity index (χ0v) is 10.9. The minimum atomic E-state index is -3.63. The van der Waals surface area contributed by atoms with Crippen molar-refractivity contribution in [2.45, 2.75) is 18.3 Å². The Morgan fingerprint density at radius 2 is 2.11 bits per heavy atom. The van der Waals surface area contributed by atoms with Crippen LogP contribution in [0, 0.1) is 10.1 Å². The van der Waals surface area contributed by atoms with E-state index in [4.69, 9.17) is 0 Å². The van der Waals surface area contributed by atoms with Gasteiger partial charge in [0.25, 0.3) is 5.69 Å². The van der Waals surface area contributed by atoms with Crippen molar-refractivity contribution in [2.24, 2.45) is 0 Å². The third-order valence-corrected chi connectivity index (χ3v) is 4.84. The molecular weight excluding hydrogens is 272 g/mol. The molecule has 0 saturated carbocycles. The van der Waals surface area contributed by atoms with Gasteiger partial charge in [0.05, 0.1) is 16.8 Å². The summed E-state index contributed by atoms with van der Waals surface area (Å²) in [4.78, 5) is 10.2. The molecule has 0 amide bonds. The van der Waals surface area contributed by atoms with Gasteiger partial charge in [-0.3, -0.25) is 10.1 Å². The Balaban J connectivity index is 2.23. The summed E-state index contributed by atoms with van der Waals surface area (Å²) in [7, 11) is -3.63. The molecule has 1 fully saturated rings. The monoisotopic (exact) mass is 286 g/mol. The fourth-order valence-corrected chi connectivity index (χ4v) is 3.66. The third kappa shape index (κ3) is 3.09. The summed E-state index contributed by atoms with van der Waals surface area (Å²) in [6.45, 7) is 0.313. The maximum absolute atomic E-state index is 12.1. The van der Waals surface area contributed by atoms with E-state index in [0.717, 1.165) is 0 Å². The molecule has 1 aliphatic heterocycles. The summed E-state index contributed by atoms with van der Waals surface area (Å²) in [6.07, 6.45) is -0.253.